The molecule has 2 aliphatic heterocycles. The minimum absolute atomic E-state index is 0.148. The molecular formula is C22H25FN4O2. The van der Waals surface area contributed by atoms with E-state index >= 15 is 0 Å². The van der Waals surface area contributed by atoms with E-state index in [1.165, 1.54) is 12.1 Å². The monoisotopic (exact) mass is 396 g/mol. The van der Waals surface area contributed by atoms with Crippen molar-refractivity contribution in [2.45, 2.75) is 32.2 Å². The third-order valence-electron chi connectivity index (χ3n) is 6.39. The van der Waals surface area contributed by atoms with E-state index in [2.05, 4.69) is 14.6 Å². The fourth-order valence-electron chi connectivity index (χ4n) is 4.67. The second-order valence-electron chi connectivity index (χ2n) is 8.16. The summed E-state index contributed by atoms with van der Waals surface area (Å²) in [7, 11) is 0. The number of rotatable bonds is 4. The first-order valence-corrected chi connectivity index (χ1v) is 10.3. The SMILES string of the molecule is Cc1ccn2c1C(=O)N(CCN1CCC(c3noc4cc(F)ccc34)CC1)CC2. The number of benzene rings is 1. The number of amides is 1. The molecule has 0 spiro atoms. The maximum Gasteiger partial charge on any atom is 0.270 e. The van der Waals surface area contributed by atoms with E-state index in [0.29, 0.717) is 11.5 Å². The van der Waals surface area contributed by atoms with E-state index in [1.54, 1.807) is 6.07 Å². The number of hydrogen-bond acceptors (Lipinski definition) is 4. The molecule has 0 N–H and O–H groups in total. The number of carbonyl (C=O) groups is 1. The largest absolute Gasteiger partial charge is 0.356 e. The van der Waals surface area contributed by atoms with Gasteiger partial charge in [0.2, 0.25) is 0 Å². The van der Waals surface area contributed by atoms with Crippen LogP contribution in [0.3, 0.4) is 0 Å². The molecule has 6 nitrogen and oxygen atoms in total. The number of fused-ring (bicyclic) bond motifs is 2. The minimum Gasteiger partial charge on any atom is -0.356 e. The van der Waals surface area contributed by atoms with Crippen molar-refractivity contribution in [3.8, 4) is 0 Å². The van der Waals surface area contributed by atoms with Crippen molar-refractivity contribution in [2.75, 3.05) is 32.7 Å². The van der Waals surface area contributed by atoms with Gasteiger partial charge in [-0.25, -0.2) is 4.39 Å². The summed E-state index contributed by atoms with van der Waals surface area (Å²) in [6.07, 6.45) is 4.00. The zero-order chi connectivity index (χ0) is 20.0. The molecule has 152 valence electrons. The van der Waals surface area contributed by atoms with E-state index in [-0.39, 0.29) is 11.7 Å². The summed E-state index contributed by atoms with van der Waals surface area (Å²) in [4.78, 5) is 17.2. The Morgan fingerprint density at radius 2 is 1.97 bits per heavy atom. The first-order chi connectivity index (χ1) is 14.1. The number of nitrogens with zero attached hydrogens (tertiary/aromatic N) is 4. The quantitative estimate of drug-likeness (QED) is 0.678. The summed E-state index contributed by atoms with van der Waals surface area (Å²) in [5.41, 5.74) is 3.36. The van der Waals surface area contributed by atoms with Gasteiger partial charge in [-0.1, -0.05) is 5.16 Å². The molecule has 1 fully saturated rings. The Hall–Kier alpha value is -2.67. The predicted molar refractivity (Wildman–Crippen MR) is 107 cm³/mol. The molecule has 0 unspecified atom stereocenters. The zero-order valence-corrected chi connectivity index (χ0v) is 16.6. The summed E-state index contributed by atoms with van der Waals surface area (Å²) < 4.78 is 20.8. The molecule has 3 aromatic rings. The standard InChI is InChI=1S/C22H25FN4O2/c1-15-4-9-26-12-13-27(22(28)21(15)26)11-10-25-7-5-16(6-8-25)20-18-3-2-17(23)14-19(18)29-24-20/h2-4,9,14,16H,5-8,10-13H2,1H3. The maximum atomic E-state index is 13.4. The van der Waals surface area contributed by atoms with E-state index in [9.17, 15) is 9.18 Å². The molecule has 0 aliphatic carbocycles. The lowest BCUT2D eigenvalue weighted by Gasteiger charge is -2.34. The smallest absolute Gasteiger partial charge is 0.270 e. The average Bonchev–Trinajstić information content (AvgIpc) is 3.31. The summed E-state index contributed by atoms with van der Waals surface area (Å²) in [5, 5.41) is 5.14. The highest BCUT2D eigenvalue weighted by Gasteiger charge is 2.28. The van der Waals surface area contributed by atoms with Crippen molar-refractivity contribution in [1.29, 1.82) is 0 Å². The van der Waals surface area contributed by atoms with Crippen LogP contribution in [0, 0.1) is 12.7 Å². The highest BCUT2D eigenvalue weighted by atomic mass is 19.1. The molecule has 4 heterocycles. The van der Waals surface area contributed by atoms with Gasteiger partial charge < -0.3 is 18.9 Å². The Balaban J connectivity index is 1.17. The van der Waals surface area contributed by atoms with Crippen LogP contribution in [0.1, 0.15) is 40.5 Å². The Kier molecular flexibility index (Phi) is 4.62. The van der Waals surface area contributed by atoms with E-state index in [1.807, 2.05) is 24.1 Å². The van der Waals surface area contributed by atoms with Gasteiger partial charge in [-0.05, 0) is 56.6 Å². The van der Waals surface area contributed by atoms with E-state index in [0.717, 1.165) is 74.4 Å². The first kappa shape index (κ1) is 18.4. The van der Waals surface area contributed by atoms with Crippen molar-refractivity contribution < 1.29 is 13.7 Å². The number of halogens is 1. The van der Waals surface area contributed by atoms with Crippen molar-refractivity contribution in [3.05, 3.63) is 53.2 Å². The van der Waals surface area contributed by atoms with Crippen LogP contribution in [-0.4, -0.2) is 58.2 Å². The Bertz CT molecular complexity index is 1050. The van der Waals surface area contributed by atoms with Gasteiger partial charge in [0.25, 0.3) is 5.91 Å². The number of aromatic nitrogens is 2. The van der Waals surface area contributed by atoms with Crippen molar-refractivity contribution >= 4 is 16.9 Å². The number of piperidine rings is 1. The van der Waals surface area contributed by atoms with Gasteiger partial charge in [0, 0.05) is 49.7 Å². The molecule has 2 aliphatic rings. The van der Waals surface area contributed by atoms with Gasteiger partial charge >= 0.3 is 0 Å². The molecule has 1 saturated heterocycles. The maximum absolute atomic E-state index is 13.4. The van der Waals surface area contributed by atoms with Crippen LogP contribution in [0.2, 0.25) is 0 Å². The van der Waals surface area contributed by atoms with Crippen molar-refractivity contribution in [2.24, 2.45) is 0 Å². The summed E-state index contributed by atoms with van der Waals surface area (Å²) >= 11 is 0. The van der Waals surface area contributed by atoms with Crippen LogP contribution in [0.25, 0.3) is 11.0 Å². The third-order valence-corrected chi connectivity index (χ3v) is 6.39. The molecule has 29 heavy (non-hydrogen) atoms. The van der Waals surface area contributed by atoms with Crippen LogP contribution in [-0.2, 0) is 6.54 Å². The summed E-state index contributed by atoms with van der Waals surface area (Å²) in [6, 6.07) is 6.65. The lowest BCUT2D eigenvalue weighted by molar-refractivity contribution is 0.0673. The summed E-state index contributed by atoms with van der Waals surface area (Å²) in [6.45, 7) is 7.24. The fraction of sp³-hybridized carbons (Fsp3) is 0.455. The van der Waals surface area contributed by atoms with Gasteiger partial charge in [0.1, 0.15) is 11.5 Å². The van der Waals surface area contributed by atoms with Gasteiger partial charge in [-0.3, -0.25) is 4.79 Å². The number of hydrogen-bond donors (Lipinski definition) is 0. The molecule has 5 rings (SSSR count). The van der Waals surface area contributed by atoms with Gasteiger partial charge in [-0.2, -0.15) is 0 Å². The molecule has 7 heteroatoms. The van der Waals surface area contributed by atoms with Gasteiger partial charge in [-0.15, -0.1) is 0 Å². The Morgan fingerprint density at radius 1 is 1.14 bits per heavy atom. The van der Waals surface area contributed by atoms with Gasteiger partial charge in [0.05, 0.1) is 5.69 Å². The number of carbonyl (C=O) groups excluding carboxylic acids is 1. The first-order valence-electron chi connectivity index (χ1n) is 10.3. The molecule has 0 atom stereocenters. The van der Waals surface area contributed by atoms with E-state index in [4.69, 9.17) is 4.52 Å². The van der Waals surface area contributed by atoms with E-state index < -0.39 is 0 Å². The topological polar surface area (TPSA) is 54.5 Å². The number of likely N-dealkylation sites (tertiary alicyclic amines) is 1. The minimum atomic E-state index is -0.301. The zero-order valence-electron chi connectivity index (χ0n) is 16.6. The van der Waals surface area contributed by atoms with Gasteiger partial charge in [0.15, 0.2) is 5.58 Å². The number of aryl methyl sites for hydroxylation is 1. The second-order valence-corrected chi connectivity index (χ2v) is 8.16. The normalized spacial score (nSPS) is 18.6. The predicted octanol–water partition coefficient (Wildman–Crippen LogP) is 3.41. The highest BCUT2D eigenvalue weighted by molar-refractivity contribution is 5.94. The average molecular weight is 396 g/mol. The van der Waals surface area contributed by atoms with Crippen LogP contribution >= 0.6 is 0 Å². The molecule has 0 saturated carbocycles. The van der Waals surface area contributed by atoms with Crippen molar-refractivity contribution in [1.82, 2.24) is 19.5 Å². The lowest BCUT2D eigenvalue weighted by atomic mass is 9.91. The fourth-order valence-corrected chi connectivity index (χ4v) is 4.67. The molecule has 0 radical (unpaired) electrons. The summed E-state index contributed by atoms with van der Waals surface area (Å²) in [5.74, 6) is 0.181. The Morgan fingerprint density at radius 3 is 2.79 bits per heavy atom. The van der Waals surface area contributed by atoms with Crippen LogP contribution in [0.15, 0.2) is 35.0 Å². The highest BCUT2D eigenvalue weighted by Crippen LogP contribution is 2.32. The molecule has 2 aromatic heterocycles. The van der Waals surface area contributed by atoms with Crippen molar-refractivity contribution in [3.63, 3.8) is 0 Å². The molecule has 1 amide bonds. The van der Waals surface area contributed by atoms with Crippen LogP contribution < -0.4 is 0 Å². The Labute approximate surface area is 168 Å². The molecule has 0 bridgehead atoms. The second kappa shape index (κ2) is 7.30. The molecule has 1 aromatic carbocycles. The molecular weight excluding hydrogens is 371 g/mol. The third kappa shape index (κ3) is 3.33. The van der Waals surface area contributed by atoms with Crippen LogP contribution in [0.5, 0.6) is 0 Å². The lowest BCUT2D eigenvalue weighted by Crippen LogP contribution is -2.45. The van der Waals surface area contributed by atoms with Crippen LogP contribution in [0.4, 0.5) is 4.39 Å².